The molecule has 352 valence electrons. The predicted octanol–water partition coefficient (Wildman–Crippen LogP) is 6.23. The zero-order valence-electron chi connectivity index (χ0n) is 38.6. The summed E-state index contributed by atoms with van der Waals surface area (Å²) in [5.41, 5.74) is 17.3. The summed E-state index contributed by atoms with van der Waals surface area (Å²) in [6, 6.07) is 8.28. The first kappa shape index (κ1) is 47.0. The summed E-state index contributed by atoms with van der Waals surface area (Å²) >= 11 is 2.74. The Morgan fingerprint density at radius 2 is 1.49 bits per heavy atom. The van der Waals surface area contributed by atoms with Crippen LogP contribution in [0, 0.1) is 19.8 Å². The third-order valence-electron chi connectivity index (χ3n) is 12.1. The molecule has 1 aliphatic carbocycles. The second-order valence-electron chi connectivity index (χ2n) is 16.7. The van der Waals surface area contributed by atoms with Crippen molar-refractivity contribution in [2.75, 3.05) is 56.2 Å². The number of thiazole rings is 1. The molecule has 67 heavy (non-hydrogen) atoms. The van der Waals surface area contributed by atoms with Crippen molar-refractivity contribution in [3.63, 3.8) is 0 Å². The van der Waals surface area contributed by atoms with Crippen LogP contribution in [0.4, 0.5) is 11.9 Å². The first-order chi connectivity index (χ1) is 32.3. The van der Waals surface area contributed by atoms with Gasteiger partial charge in [0.05, 0.1) is 39.6 Å². The molecule has 1 saturated heterocycles. The summed E-state index contributed by atoms with van der Waals surface area (Å²) in [6.07, 6.45) is 9.54. The number of carbonyl (C=O) groups excluding carboxylic acids is 4. The Hall–Kier alpha value is -6.51. The average molecular weight is 948 g/mol. The van der Waals surface area contributed by atoms with Crippen LogP contribution in [0.25, 0.3) is 22.1 Å². The SMILES string of the molecule is C=C(C1CC1)N1CCN(CCCOc2cc(C(N)=O)cc3nc(NC(=O)c4cc(C)nn4CC)n(C/C=C/Cn4c(NC(=O)c5sc(C)nc5CC)nc5cc(C(N)=O)cc(SC)c54)c23)CC1. The number of primary amides is 2. The fraction of sp³-hybridized carbons (Fsp3) is 0.404. The van der Waals surface area contributed by atoms with Gasteiger partial charge in [0.15, 0.2) is 0 Å². The zero-order valence-corrected chi connectivity index (χ0v) is 40.2. The van der Waals surface area contributed by atoms with Gasteiger partial charge in [0.2, 0.25) is 23.7 Å². The molecule has 1 aliphatic heterocycles. The van der Waals surface area contributed by atoms with E-state index in [4.69, 9.17) is 26.2 Å². The second-order valence-corrected chi connectivity index (χ2v) is 18.8. The number of anilines is 2. The van der Waals surface area contributed by atoms with Crippen LogP contribution in [-0.4, -0.2) is 113 Å². The molecule has 2 aliphatic rings. The number of aromatic nitrogens is 7. The van der Waals surface area contributed by atoms with E-state index >= 15 is 0 Å². The summed E-state index contributed by atoms with van der Waals surface area (Å²) in [5, 5.41) is 11.2. The maximum absolute atomic E-state index is 13.9. The highest BCUT2D eigenvalue weighted by atomic mass is 32.2. The smallest absolute Gasteiger partial charge is 0.276 e. The molecule has 0 unspecified atom stereocenters. The first-order valence-corrected chi connectivity index (χ1v) is 24.6. The zero-order chi connectivity index (χ0) is 47.5. The van der Waals surface area contributed by atoms with Crippen LogP contribution in [0.3, 0.4) is 0 Å². The van der Waals surface area contributed by atoms with Crippen molar-refractivity contribution in [3.8, 4) is 5.75 Å². The van der Waals surface area contributed by atoms with Gasteiger partial charge in [-0.05, 0) is 89.0 Å². The minimum atomic E-state index is -0.640. The highest BCUT2D eigenvalue weighted by Crippen LogP contribution is 2.38. The van der Waals surface area contributed by atoms with Crippen molar-refractivity contribution in [3.05, 3.63) is 92.9 Å². The molecular weight excluding hydrogens is 891 g/mol. The Kier molecular flexibility index (Phi) is 14.1. The fourth-order valence-corrected chi connectivity index (χ4v) is 10.1. The molecule has 8 rings (SSSR count). The summed E-state index contributed by atoms with van der Waals surface area (Å²) < 4.78 is 11.8. The Labute approximate surface area is 396 Å². The number of allylic oxidation sites excluding steroid dienone is 3. The first-order valence-electron chi connectivity index (χ1n) is 22.6. The lowest BCUT2D eigenvalue weighted by Crippen LogP contribution is -2.46. The average Bonchev–Trinajstić information content (AvgIpc) is 3.66. The van der Waals surface area contributed by atoms with Gasteiger partial charge in [-0.15, -0.1) is 23.1 Å². The van der Waals surface area contributed by atoms with Gasteiger partial charge in [0.1, 0.15) is 21.8 Å². The standard InChI is InChI=1S/C47H57N13O5S2/c1-7-33-41(67-29(5)50-33)45(64)54-47-52-35-24-32(43(49)62)26-38(66-6)40(35)59(47)16-10-9-15-58-39-34(51-46(58)53-44(63)36-22-27(3)55-60(36)8-2)23-31(42(48)61)25-37(39)65-21-11-14-56-17-19-57(20-18-56)28(4)30-12-13-30/h9-10,22-26,30H,4,7-8,11-21H2,1-3,5-6H3,(H2,48,61)(H2,49,62)(H,51,53,63)(H,52,54,64)/b10-9+. The van der Waals surface area contributed by atoms with E-state index in [1.54, 1.807) is 35.0 Å². The van der Waals surface area contributed by atoms with E-state index in [1.165, 1.54) is 41.6 Å². The van der Waals surface area contributed by atoms with Crippen LogP contribution in [0.5, 0.6) is 5.75 Å². The van der Waals surface area contributed by atoms with E-state index in [9.17, 15) is 19.2 Å². The van der Waals surface area contributed by atoms with E-state index in [0.29, 0.717) is 80.8 Å². The third-order valence-corrected chi connectivity index (χ3v) is 13.8. The summed E-state index contributed by atoms with van der Waals surface area (Å²) in [4.78, 5) is 73.0. The van der Waals surface area contributed by atoms with Gasteiger partial charge in [0, 0.05) is 74.1 Å². The molecule has 2 fully saturated rings. The molecule has 2 aromatic carbocycles. The van der Waals surface area contributed by atoms with Crippen molar-refractivity contribution in [1.29, 1.82) is 0 Å². The number of rotatable bonds is 20. The number of fused-ring (bicyclic) bond motifs is 2. The summed E-state index contributed by atoms with van der Waals surface area (Å²) in [6.45, 7) is 17.9. The minimum absolute atomic E-state index is 0.205. The number of nitrogens with two attached hydrogens (primary N) is 2. The number of nitrogens with zero attached hydrogens (tertiary/aromatic N) is 9. The van der Waals surface area contributed by atoms with Gasteiger partial charge in [-0.1, -0.05) is 25.7 Å². The lowest BCUT2D eigenvalue weighted by molar-refractivity contribution is 0.0991. The van der Waals surface area contributed by atoms with Gasteiger partial charge >= 0.3 is 0 Å². The number of amides is 4. The predicted molar refractivity (Wildman–Crippen MR) is 262 cm³/mol. The lowest BCUT2D eigenvalue weighted by Gasteiger charge is -2.37. The fourth-order valence-electron chi connectivity index (χ4n) is 8.50. The van der Waals surface area contributed by atoms with Crippen LogP contribution in [0.15, 0.2) is 59.7 Å². The van der Waals surface area contributed by atoms with Crippen LogP contribution >= 0.6 is 23.1 Å². The number of hydrogen-bond acceptors (Lipinski definition) is 13. The molecule has 0 atom stereocenters. The highest BCUT2D eigenvalue weighted by Gasteiger charge is 2.30. The molecule has 4 aromatic heterocycles. The Morgan fingerprint density at radius 3 is 2.10 bits per heavy atom. The summed E-state index contributed by atoms with van der Waals surface area (Å²) in [5.74, 6) is -0.427. The van der Waals surface area contributed by atoms with E-state index in [2.05, 4.69) is 37.1 Å². The number of imidazole rings is 2. The van der Waals surface area contributed by atoms with E-state index in [1.807, 2.05) is 55.2 Å². The van der Waals surface area contributed by atoms with E-state index in [0.717, 1.165) is 49.0 Å². The molecule has 4 amide bonds. The molecule has 0 bridgehead atoms. The number of nitrogens with one attached hydrogen (secondary N) is 2. The largest absolute Gasteiger partial charge is 0.491 e. The van der Waals surface area contributed by atoms with Crippen molar-refractivity contribution in [1.82, 2.24) is 43.7 Å². The van der Waals surface area contributed by atoms with Gasteiger partial charge in [0.25, 0.3) is 11.8 Å². The molecule has 0 spiro atoms. The van der Waals surface area contributed by atoms with Crippen LogP contribution < -0.4 is 26.8 Å². The number of piperazine rings is 1. The molecule has 20 heteroatoms. The van der Waals surface area contributed by atoms with Crippen LogP contribution in [0.1, 0.15) is 90.4 Å². The molecule has 5 heterocycles. The summed E-state index contributed by atoms with van der Waals surface area (Å²) in [7, 11) is 0. The van der Waals surface area contributed by atoms with Gasteiger partial charge in [-0.25, -0.2) is 15.0 Å². The normalized spacial score (nSPS) is 14.4. The third kappa shape index (κ3) is 10.3. The van der Waals surface area contributed by atoms with Crippen LogP contribution in [0.2, 0.25) is 0 Å². The number of ether oxygens (including phenoxy) is 1. The van der Waals surface area contributed by atoms with Crippen molar-refractivity contribution in [2.24, 2.45) is 17.4 Å². The Bertz CT molecular complexity index is 2920. The van der Waals surface area contributed by atoms with Crippen molar-refractivity contribution >= 4 is 80.7 Å². The second kappa shape index (κ2) is 20.2. The van der Waals surface area contributed by atoms with E-state index < -0.39 is 17.7 Å². The Balaban J connectivity index is 1.10. The molecule has 6 aromatic rings. The number of benzene rings is 2. The molecule has 18 nitrogen and oxygen atoms in total. The molecular formula is C47H57N13O5S2. The monoisotopic (exact) mass is 947 g/mol. The minimum Gasteiger partial charge on any atom is -0.491 e. The number of aryl methyl sites for hydroxylation is 4. The Morgan fingerprint density at radius 1 is 0.866 bits per heavy atom. The molecule has 6 N–H and O–H groups in total. The maximum atomic E-state index is 13.9. The lowest BCUT2D eigenvalue weighted by atomic mass is 10.1. The quantitative estimate of drug-likeness (QED) is 0.0380. The highest BCUT2D eigenvalue weighted by molar-refractivity contribution is 7.98. The van der Waals surface area contributed by atoms with E-state index in [-0.39, 0.29) is 36.5 Å². The molecule has 0 radical (unpaired) electrons. The van der Waals surface area contributed by atoms with Gasteiger partial charge < -0.3 is 30.2 Å². The van der Waals surface area contributed by atoms with Gasteiger partial charge in [-0.2, -0.15) is 5.10 Å². The van der Waals surface area contributed by atoms with Gasteiger partial charge in [-0.3, -0.25) is 39.4 Å². The van der Waals surface area contributed by atoms with Crippen molar-refractivity contribution < 1.29 is 23.9 Å². The topological polar surface area (TPSA) is 226 Å². The number of carbonyl (C=O) groups is 4. The van der Waals surface area contributed by atoms with Crippen LogP contribution in [-0.2, 0) is 26.1 Å². The number of hydrogen-bond donors (Lipinski definition) is 4. The number of thioether (sulfide) groups is 1. The maximum Gasteiger partial charge on any atom is 0.276 e. The van der Waals surface area contributed by atoms with Crippen molar-refractivity contribution in [2.45, 2.75) is 77.9 Å². The molecule has 1 saturated carbocycles.